The first kappa shape index (κ1) is 18.0. The number of fused-ring (bicyclic) bond motifs is 5. The van der Waals surface area contributed by atoms with E-state index in [1.807, 2.05) is 53.2 Å². The Labute approximate surface area is 177 Å². The maximum atomic E-state index is 13.0. The highest BCUT2D eigenvalue weighted by Crippen LogP contribution is 2.54. The molecule has 1 saturated carbocycles. The number of hydrogen-bond acceptors (Lipinski definition) is 2. The third-order valence-corrected chi connectivity index (χ3v) is 6.62. The van der Waals surface area contributed by atoms with Gasteiger partial charge in [0.2, 0.25) is 0 Å². The van der Waals surface area contributed by atoms with Gasteiger partial charge in [-0.25, -0.2) is 4.68 Å². The van der Waals surface area contributed by atoms with Gasteiger partial charge >= 0.3 is 0 Å². The van der Waals surface area contributed by atoms with Crippen LogP contribution in [-0.2, 0) is 6.54 Å². The van der Waals surface area contributed by atoms with Crippen molar-refractivity contribution < 1.29 is 4.79 Å². The Bertz CT molecular complexity index is 1040. The Balaban J connectivity index is 1.47. The van der Waals surface area contributed by atoms with Crippen molar-refractivity contribution in [2.75, 3.05) is 0 Å². The Kier molecular flexibility index (Phi) is 4.52. The number of nitrogens with zero attached hydrogens (tertiary/aromatic N) is 2. The molecule has 2 aliphatic rings. The van der Waals surface area contributed by atoms with E-state index < -0.39 is 0 Å². The number of hydrogen-bond donors (Lipinski definition) is 1. The molecule has 1 amide bonds. The topological polar surface area (TPSA) is 46.9 Å². The van der Waals surface area contributed by atoms with Gasteiger partial charge in [0.05, 0.1) is 11.4 Å². The Hall–Kier alpha value is -2.11. The third kappa shape index (κ3) is 3.07. The van der Waals surface area contributed by atoms with E-state index in [-0.39, 0.29) is 5.91 Å². The fraction of sp³-hybridized carbons (Fsp3) is 0.273. The van der Waals surface area contributed by atoms with Gasteiger partial charge in [-0.1, -0.05) is 39.7 Å². The first-order valence-corrected chi connectivity index (χ1v) is 10.7. The van der Waals surface area contributed by atoms with Crippen LogP contribution in [0.3, 0.4) is 0 Å². The molecule has 1 heterocycles. The van der Waals surface area contributed by atoms with Crippen LogP contribution in [0.2, 0.25) is 5.02 Å². The summed E-state index contributed by atoms with van der Waals surface area (Å²) >= 11 is 9.48. The van der Waals surface area contributed by atoms with Gasteiger partial charge in [0, 0.05) is 27.5 Å². The normalized spacial score (nSPS) is 19.6. The van der Waals surface area contributed by atoms with Crippen molar-refractivity contribution in [2.24, 2.45) is 0 Å². The second kappa shape index (κ2) is 7.05. The Morgan fingerprint density at radius 2 is 1.82 bits per heavy atom. The van der Waals surface area contributed by atoms with Crippen molar-refractivity contribution >= 4 is 33.4 Å². The van der Waals surface area contributed by atoms with Crippen molar-refractivity contribution in [3.05, 3.63) is 80.5 Å². The maximum absolute atomic E-state index is 13.0. The van der Waals surface area contributed by atoms with Crippen LogP contribution >= 0.6 is 27.5 Å². The maximum Gasteiger partial charge on any atom is 0.272 e. The SMILES string of the molecule is O=C(NCc1ccc(Br)cc1)c1nn(-c2ccc(Cl)cc2)c2c1[C@H]1CC[C@H]2C1. The van der Waals surface area contributed by atoms with Crippen LogP contribution in [0.4, 0.5) is 0 Å². The number of halogens is 2. The summed E-state index contributed by atoms with van der Waals surface area (Å²) in [5, 5.41) is 8.50. The van der Waals surface area contributed by atoms with Crippen molar-refractivity contribution in [1.29, 1.82) is 0 Å². The zero-order valence-electron chi connectivity index (χ0n) is 15.2. The number of amides is 1. The van der Waals surface area contributed by atoms with Gasteiger partial charge in [0.15, 0.2) is 5.69 Å². The standard InChI is InChI=1S/C22H19BrClN3O/c23-16-5-1-13(2-6-16)12-25-22(28)20-19-14-3-4-15(11-14)21(19)27(26-20)18-9-7-17(24)8-10-18/h1-2,5-10,14-15H,3-4,11-12H2,(H,25,28)/t14-,15-/m0/s1. The summed E-state index contributed by atoms with van der Waals surface area (Å²) in [7, 11) is 0. The molecule has 2 aromatic carbocycles. The summed E-state index contributed by atoms with van der Waals surface area (Å²) < 4.78 is 2.99. The van der Waals surface area contributed by atoms with Crippen molar-refractivity contribution in [1.82, 2.24) is 15.1 Å². The molecular formula is C22H19BrClN3O. The zero-order valence-corrected chi connectivity index (χ0v) is 17.5. The molecule has 28 heavy (non-hydrogen) atoms. The second-order valence-corrected chi connectivity index (χ2v) is 8.90. The fourth-order valence-electron chi connectivity index (χ4n) is 4.55. The van der Waals surface area contributed by atoms with Crippen LogP contribution in [0.15, 0.2) is 53.0 Å². The molecule has 2 aliphatic carbocycles. The van der Waals surface area contributed by atoms with Crippen LogP contribution in [0.25, 0.3) is 5.69 Å². The monoisotopic (exact) mass is 455 g/mol. The van der Waals surface area contributed by atoms with E-state index in [2.05, 4.69) is 21.2 Å². The van der Waals surface area contributed by atoms with Gasteiger partial charge in [-0.3, -0.25) is 4.79 Å². The number of rotatable bonds is 4. The van der Waals surface area contributed by atoms with Crippen LogP contribution in [0, 0.1) is 0 Å². The van der Waals surface area contributed by atoms with E-state index in [0.717, 1.165) is 34.1 Å². The number of aromatic nitrogens is 2. The van der Waals surface area contributed by atoms with E-state index in [4.69, 9.17) is 16.7 Å². The van der Waals surface area contributed by atoms with Gasteiger partial charge in [-0.2, -0.15) is 5.10 Å². The van der Waals surface area contributed by atoms with Gasteiger partial charge in [-0.15, -0.1) is 0 Å². The molecule has 2 atom stereocenters. The lowest BCUT2D eigenvalue weighted by molar-refractivity contribution is 0.0944. The molecule has 3 aromatic rings. The predicted octanol–water partition coefficient (Wildman–Crippen LogP) is 5.58. The molecule has 0 saturated heterocycles. The quantitative estimate of drug-likeness (QED) is 0.557. The molecule has 0 aliphatic heterocycles. The molecule has 0 spiro atoms. The molecule has 5 rings (SSSR count). The highest BCUT2D eigenvalue weighted by molar-refractivity contribution is 9.10. The van der Waals surface area contributed by atoms with E-state index in [1.165, 1.54) is 12.1 Å². The van der Waals surface area contributed by atoms with Crippen LogP contribution in [0.1, 0.15) is 58.4 Å². The number of carbonyl (C=O) groups excluding carboxylic acids is 1. The summed E-state index contributed by atoms with van der Waals surface area (Å²) in [6, 6.07) is 15.6. The van der Waals surface area contributed by atoms with Gasteiger partial charge in [0.25, 0.3) is 5.91 Å². The highest BCUT2D eigenvalue weighted by Gasteiger charge is 2.44. The first-order chi connectivity index (χ1) is 13.6. The van der Waals surface area contributed by atoms with Crippen molar-refractivity contribution in [2.45, 2.75) is 37.6 Å². The molecule has 6 heteroatoms. The minimum atomic E-state index is -0.0977. The van der Waals surface area contributed by atoms with E-state index in [1.54, 1.807) is 0 Å². The molecule has 1 fully saturated rings. The summed E-state index contributed by atoms with van der Waals surface area (Å²) in [6.07, 6.45) is 3.46. The molecule has 0 unspecified atom stereocenters. The van der Waals surface area contributed by atoms with Gasteiger partial charge < -0.3 is 5.32 Å². The average molecular weight is 457 g/mol. The largest absolute Gasteiger partial charge is 0.347 e. The van der Waals surface area contributed by atoms with E-state index in [9.17, 15) is 4.79 Å². The molecule has 1 N–H and O–H groups in total. The average Bonchev–Trinajstić information content (AvgIpc) is 3.41. The van der Waals surface area contributed by atoms with Crippen molar-refractivity contribution in [3.63, 3.8) is 0 Å². The van der Waals surface area contributed by atoms with Gasteiger partial charge in [0.1, 0.15) is 0 Å². The minimum Gasteiger partial charge on any atom is -0.347 e. The summed E-state index contributed by atoms with van der Waals surface area (Å²) in [5.74, 6) is 0.852. The van der Waals surface area contributed by atoms with Crippen LogP contribution < -0.4 is 5.32 Å². The molecule has 4 nitrogen and oxygen atoms in total. The lowest BCUT2D eigenvalue weighted by atomic mass is 9.95. The lowest BCUT2D eigenvalue weighted by Gasteiger charge is -2.14. The van der Waals surface area contributed by atoms with Crippen LogP contribution in [0.5, 0.6) is 0 Å². The highest BCUT2D eigenvalue weighted by atomic mass is 79.9. The lowest BCUT2D eigenvalue weighted by Crippen LogP contribution is -2.24. The zero-order chi connectivity index (χ0) is 19.3. The number of benzene rings is 2. The smallest absolute Gasteiger partial charge is 0.272 e. The van der Waals surface area contributed by atoms with E-state index in [0.29, 0.717) is 29.1 Å². The van der Waals surface area contributed by atoms with Crippen molar-refractivity contribution in [3.8, 4) is 5.69 Å². The minimum absolute atomic E-state index is 0.0977. The Morgan fingerprint density at radius 1 is 1.11 bits per heavy atom. The molecule has 0 radical (unpaired) electrons. The second-order valence-electron chi connectivity index (χ2n) is 7.55. The number of carbonyl (C=O) groups is 1. The summed E-state index contributed by atoms with van der Waals surface area (Å²) in [4.78, 5) is 13.0. The first-order valence-electron chi connectivity index (χ1n) is 9.51. The molecular weight excluding hydrogens is 438 g/mol. The van der Waals surface area contributed by atoms with Gasteiger partial charge in [-0.05, 0) is 67.1 Å². The molecule has 1 aromatic heterocycles. The predicted molar refractivity (Wildman–Crippen MR) is 113 cm³/mol. The van der Waals surface area contributed by atoms with E-state index >= 15 is 0 Å². The fourth-order valence-corrected chi connectivity index (χ4v) is 4.94. The third-order valence-electron chi connectivity index (χ3n) is 5.84. The number of nitrogens with one attached hydrogen (secondary N) is 1. The summed E-state index contributed by atoms with van der Waals surface area (Å²) in [6.45, 7) is 0.489. The van der Waals surface area contributed by atoms with Crippen LogP contribution in [-0.4, -0.2) is 15.7 Å². The molecule has 2 bridgehead atoms. The summed E-state index contributed by atoms with van der Waals surface area (Å²) in [5.41, 5.74) is 4.97. The molecule has 142 valence electrons. The Morgan fingerprint density at radius 3 is 2.57 bits per heavy atom.